The molecule has 1 fully saturated rings. The lowest BCUT2D eigenvalue weighted by molar-refractivity contribution is -0.156. The summed E-state index contributed by atoms with van der Waals surface area (Å²) in [7, 11) is 2.07. The van der Waals surface area contributed by atoms with Crippen LogP contribution < -0.4 is 0 Å². The van der Waals surface area contributed by atoms with Gasteiger partial charge in [0.15, 0.2) is 6.10 Å². The van der Waals surface area contributed by atoms with Crippen molar-refractivity contribution in [2.75, 3.05) is 20.1 Å². The van der Waals surface area contributed by atoms with E-state index in [1.807, 2.05) is 60.7 Å². The van der Waals surface area contributed by atoms with Crippen LogP contribution in [0.4, 0.5) is 0 Å². The maximum absolute atomic E-state index is 12.9. The Kier molecular flexibility index (Phi) is 5.31. The van der Waals surface area contributed by atoms with Crippen LogP contribution in [-0.2, 0) is 9.53 Å². The minimum Gasteiger partial charge on any atom is -0.452 e. The maximum atomic E-state index is 12.9. The second-order valence-corrected chi connectivity index (χ2v) is 6.77. The third kappa shape index (κ3) is 3.85. The summed E-state index contributed by atoms with van der Waals surface area (Å²) in [5.41, 5.74) is 2.02. The van der Waals surface area contributed by atoms with Crippen LogP contribution in [0.25, 0.3) is 0 Å². The van der Waals surface area contributed by atoms with Gasteiger partial charge in [0.05, 0.1) is 5.92 Å². The van der Waals surface area contributed by atoms with Gasteiger partial charge >= 0.3 is 5.97 Å². The fourth-order valence-corrected chi connectivity index (χ4v) is 3.33. The Morgan fingerprint density at radius 2 is 1.58 bits per heavy atom. The molecule has 1 aliphatic rings. The first kappa shape index (κ1) is 16.7. The number of ether oxygens (including phenoxy) is 1. The zero-order chi connectivity index (χ0) is 16.9. The van der Waals surface area contributed by atoms with E-state index in [0.717, 1.165) is 30.6 Å². The van der Waals surface area contributed by atoms with Gasteiger partial charge in [0.1, 0.15) is 0 Å². The number of rotatable bonds is 4. The fraction of sp³-hybridized carbons (Fsp3) is 0.381. The summed E-state index contributed by atoms with van der Waals surface area (Å²) in [5, 5.41) is 0. The summed E-state index contributed by atoms with van der Waals surface area (Å²) in [6, 6.07) is 19.9. The van der Waals surface area contributed by atoms with Crippen molar-refractivity contribution in [1.82, 2.24) is 4.90 Å². The van der Waals surface area contributed by atoms with Crippen LogP contribution in [0.2, 0.25) is 0 Å². The number of carbonyl (C=O) groups excluding carboxylic acids is 1. The molecule has 0 N–H and O–H groups in total. The predicted octanol–water partition coefficient (Wildman–Crippen LogP) is 3.91. The summed E-state index contributed by atoms with van der Waals surface area (Å²) in [6.07, 6.45) is 0.691. The zero-order valence-electron chi connectivity index (χ0n) is 14.4. The van der Waals surface area contributed by atoms with Crippen molar-refractivity contribution < 1.29 is 9.53 Å². The average molecular weight is 323 g/mol. The molecule has 1 aliphatic heterocycles. The number of piperidine rings is 1. The third-order valence-electron chi connectivity index (χ3n) is 4.90. The summed E-state index contributed by atoms with van der Waals surface area (Å²) in [5.74, 6) is 0.214. The summed E-state index contributed by atoms with van der Waals surface area (Å²) < 4.78 is 6.02. The number of hydrogen-bond donors (Lipinski definition) is 0. The highest BCUT2D eigenvalue weighted by Gasteiger charge is 2.33. The van der Waals surface area contributed by atoms with Gasteiger partial charge in [-0.05, 0) is 37.1 Å². The molecular formula is C21H25NO2. The van der Waals surface area contributed by atoms with Crippen LogP contribution in [0.15, 0.2) is 60.7 Å². The monoisotopic (exact) mass is 323 g/mol. The summed E-state index contributed by atoms with van der Waals surface area (Å²) in [4.78, 5) is 15.1. The van der Waals surface area contributed by atoms with Crippen LogP contribution in [0, 0.1) is 11.8 Å². The molecule has 24 heavy (non-hydrogen) atoms. The van der Waals surface area contributed by atoms with E-state index in [0.29, 0.717) is 5.92 Å². The van der Waals surface area contributed by atoms with Crippen molar-refractivity contribution in [2.24, 2.45) is 11.8 Å². The van der Waals surface area contributed by atoms with Crippen LogP contribution in [0.5, 0.6) is 0 Å². The van der Waals surface area contributed by atoms with Crippen LogP contribution in [0.3, 0.4) is 0 Å². The van der Waals surface area contributed by atoms with Gasteiger partial charge in [-0.25, -0.2) is 0 Å². The lowest BCUT2D eigenvalue weighted by Gasteiger charge is -2.34. The van der Waals surface area contributed by atoms with E-state index >= 15 is 0 Å². The number of nitrogens with zero attached hydrogens (tertiary/aromatic N) is 1. The van der Waals surface area contributed by atoms with Crippen molar-refractivity contribution in [2.45, 2.75) is 19.4 Å². The molecule has 2 atom stereocenters. The fourth-order valence-electron chi connectivity index (χ4n) is 3.33. The van der Waals surface area contributed by atoms with Crippen molar-refractivity contribution in [3.8, 4) is 0 Å². The summed E-state index contributed by atoms with van der Waals surface area (Å²) >= 11 is 0. The number of benzene rings is 2. The number of likely N-dealkylation sites (tertiary alicyclic amines) is 1. The predicted molar refractivity (Wildman–Crippen MR) is 95.6 cm³/mol. The highest BCUT2D eigenvalue weighted by molar-refractivity contribution is 5.74. The first-order valence-electron chi connectivity index (χ1n) is 8.64. The molecule has 3 heteroatoms. The highest BCUT2D eigenvalue weighted by Crippen LogP contribution is 2.30. The van der Waals surface area contributed by atoms with E-state index in [1.54, 1.807) is 0 Å². The smallest absolute Gasteiger partial charge is 0.311 e. The Hall–Kier alpha value is -2.13. The molecule has 0 saturated carbocycles. The van der Waals surface area contributed by atoms with Gasteiger partial charge in [-0.3, -0.25) is 4.79 Å². The van der Waals surface area contributed by atoms with Gasteiger partial charge < -0.3 is 9.64 Å². The SMILES string of the molecule is CC1CCN(C)CC1C(=O)OC(c1ccccc1)c1ccccc1. The van der Waals surface area contributed by atoms with Gasteiger partial charge in [-0.1, -0.05) is 67.6 Å². The molecule has 1 heterocycles. The Labute approximate surface area is 144 Å². The van der Waals surface area contributed by atoms with Crippen LogP contribution in [0.1, 0.15) is 30.6 Å². The Morgan fingerprint density at radius 1 is 1.04 bits per heavy atom. The van der Waals surface area contributed by atoms with Crippen LogP contribution >= 0.6 is 0 Å². The van der Waals surface area contributed by atoms with Crippen molar-refractivity contribution in [3.05, 3.63) is 71.8 Å². The van der Waals surface area contributed by atoms with Crippen molar-refractivity contribution in [3.63, 3.8) is 0 Å². The lowest BCUT2D eigenvalue weighted by Crippen LogP contribution is -2.42. The molecule has 3 nitrogen and oxygen atoms in total. The molecule has 0 amide bonds. The lowest BCUT2D eigenvalue weighted by atomic mass is 9.87. The molecule has 2 aromatic rings. The number of esters is 1. The molecule has 2 unspecified atom stereocenters. The van der Waals surface area contributed by atoms with E-state index in [4.69, 9.17) is 4.74 Å². The van der Waals surface area contributed by atoms with Crippen molar-refractivity contribution >= 4 is 5.97 Å². The van der Waals surface area contributed by atoms with Crippen molar-refractivity contribution in [1.29, 1.82) is 0 Å². The molecule has 0 radical (unpaired) electrons. The van der Waals surface area contributed by atoms with Gasteiger partial charge in [0, 0.05) is 6.54 Å². The van der Waals surface area contributed by atoms with Gasteiger partial charge in [0.2, 0.25) is 0 Å². The van der Waals surface area contributed by atoms with E-state index < -0.39 is 0 Å². The van der Waals surface area contributed by atoms with E-state index in [2.05, 4.69) is 18.9 Å². The van der Waals surface area contributed by atoms with Gasteiger partial charge in [-0.2, -0.15) is 0 Å². The Morgan fingerprint density at radius 3 is 2.12 bits per heavy atom. The third-order valence-corrected chi connectivity index (χ3v) is 4.90. The molecular weight excluding hydrogens is 298 g/mol. The molecule has 126 valence electrons. The second kappa shape index (κ2) is 7.63. The second-order valence-electron chi connectivity index (χ2n) is 6.77. The number of carbonyl (C=O) groups is 1. The first-order chi connectivity index (χ1) is 11.6. The highest BCUT2D eigenvalue weighted by atomic mass is 16.5. The Balaban J connectivity index is 1.83. The quantitative estimate of drug-likeness (QED) is 0.799. The zero-order valence-corrected chi connectivity index (χ0v) is 14.4. The first-order valence-corrected chi connectivity index (χ1v) is 8.64. The molecule has 2 aromatic carbocycles. The maximum Gasteiger partial charge on any atom is 0.311 e. The average Bonchev–Trinajstić information content (AvgIpc) is 2.63. The summed E-state index contributed by atoms with van der Waals surface area (Å²) in [6.45, 7) is 3.97. The number of hydrogen-bond acceptors (Lipinski definition) is 3. The normalized spacial score (nSPS) is 21.6. The topological polar surface area (TPSA) is 29.5 Å². The van der Waals surface area contributed by atoms with E-state index in [1.165, 1.54) is 0 Å². The van der Waals surface area contributed by atoms with Crippen LogP contribution in [-0.4, -0.2) is 31.0 Å². The molecule has 1 saturated heterocycles. The van der Waals surface area contributed by atoms with E-state index in [9.17, 15) is 4.79 Å². The Bertz CT molecular complexity index is 617. The minimum atomic E-state index is -0.348. The molecule has 0 aliphatic carbocycles. The molecule has 0 spiro atoms. The largest absolute Gasteiger partial charge is 0.452 e. The van der Waals surface area contributed by atoms with Gasteiger partial charge in [0.25, 0.3) is 0 Å². The molecule has 0 aromatic heterocycles. The van der Waals surface area contributed by atoms with Gasteiger partial charge in [-0.15, -0.1) is 0 Å². The standard InChI is InChI=1S/C21H25NO2/c1-16-13-14-22(2)15-19(16)21(23)24-20(17-9-5-3-6-10-17)18-11-7-4-8-12-18/h3-12,16,19-20H,13-15H2,1-2H3. The molecule has 3 rings (SSSR count). The molecule has 0 bridgehead atoms. The van der Waals surface area contributed by atoms with E-state index in [-0.39, 0.29) is 18.0 Å². The minimum absolute atomic E-state index is 0.0568.